The average molecular weight is 434 g/mol. The van der Waals surface area contributed by atoms with E-state index in [9.17, 15) is 4.79 Å². The number of nitrogens with two attached hydrogens (primary N) is 1. The molecule has 1 unspecified atom stereocenters. The second-order valence-electron chi connectivity index (χ2n) is 9.12. The fourth-order valence-corrected chi connectivity index (χ4v) is 5.34. The molecule has 2 aromatic heterocycles. The molecule has 1 saturated carbocycles. The summed E-state index contributed by atoms with van der Waals surface area (Å²) in [4.78, 5) is 20.7. The van der Waals surface area contributed by atoms with Crippen LogP contribution in [0.2, 0.25) is 0 Å². The van der Waals surface area contributed by atoms with E-state index < -0.39 is 0 Å². The molecule has 5 rings (SSSR count). The SMILES string of the molecule is CCc1cccc2c1NC(c1nc(C3CCC(CNC(C)=O)CC3)n3ncnc(N)c13)C2. The number of benzene rings is 1. The van der Waals surface area contributed by atoms with Gasteiger partial charge < -0.3 is 16.4 Å². The summed E-state index contributed by atoms with van der Waals surface area (Å²) in [5.74, 6) is 2.35. The second kappa shape index (κ2) is 8.41. The summed E-state index contributed by atoms with van der Waals surface area (Å²) in [6.45, 7) is 4.52. The lowest BCUT2D eigenvalue weighted by Gasteiger charge is -2.27. The molecule has 0 spiro atoms. The zero-order valence-corrected chi connectivity index (χ0v) is 18.8. The summed E-state index contributed by atoms with van der Waals surface area (Å²) < 4.78 is 1.92. The summed E-state index contributed by atoms with van der Waals surface area (Å²) in [6.07, 6.45) is 7.60. The first kappa shape index (κ1) is 20.7. The van der Waals surface area contributed by atoms with Crippen molar-refractivity contribution in [1.29, 1.82) is 0 Å². The molecule has 8 nitrogen and oxygen atoms in total. The average Bonchev–Trinajstić information content (AvgIpc) is 3.40. The van der Waals surface area contributed by atoms with Crippen LogP contribution in [0.4, 0.5) is 11.5 Å². The van der Waals surface area contributed by atoms with E-state index in [1.54, 1.807) is 6.92 Å². The van der Waals surface area contributed by atoms with E-state index in [0.717, 1.165) is 62.1 Å². The van der Waals surface area contributed by atoms with Gasteiger partial charge in [-0.3, -0.25) is 4.79 Å². The first-order chi connectivity index (χ1) is 15.5. The minimum Gasteiger partial charge on any atom is -0.382 e. The Morgan fingerprint density at radius 3 is 2.84 bits per heavy atom. The Balaban J connectivity index is 1.43. The zero-order chi connectivity index (χ0) is 22.2. The van der Waals surface area contributed by atoms with Crippen molar-refractivity contribution in [1.82, 2.24) is 24.9 Å². The maximum Gasteiger partial charge on any atom is 0.216 e. The van der Waals surface area contributed by atoms with E-state index in [4.69, 9.17) is 10.7 Å². The van der Waals surface area contributed by atoms with Gasteiger partial charge in [-0.1, -0.05) is 25.1 Å². The number of nitrogen functional groups attached to an aromatic ring is 1. The van der Waals surface area contributed by atoms with Crippen LogP contribution in [0.3, 0.4) is 0 Å². The molecule has 32 heavy (non-hydrogen) atoms. The largest absolute Gasteiger partial charge is 0.382 e. The van der Waals surface area contributed by atoms with Gasteiger partial charge in [0.05, 0.1) is 11.7 Å². The highest BCUT2D eigenvalue weighted by atomic mass is 16.1. The fraction of sp³-hybridized carbons (Fsp3) is 0.500. The van der Waals surface area contributed by atoms with Gasteiger partial charge in [0.25, 0.3) is 0 Å². The highest BCUT2D eigenvalue weighted by molar-refractivity contribution is 5.73. The number of amides is 1. The number of para-hydroxylation sites is 1. The molecule has 1 amide bonds. The molecule has 3 aromatic rings. The van der Waals surface area contributed by atoms with Gasteiger partial charge in [-0.25, -0.2) is 14.5 Å². The number of nitrogens with one attached hydrogen (secondary N) is 2. The number of aryl methyl sites for hydroxylation is 1. The first-order valence-electron chi connectivity index (χ1n) is 11.7. The standard InChI is InChI=1S/C24H31N7O/c1-3-16-5-4-6-18-11-19(29-20(16)18)21-22-23(25)27-13-28-31(22)24(30-21)17-9-7-15(8-10-17)12-26-14(2)32/h4-6,13,15,17,19,29H,3,7-12H2,1-2H3,(H,26,32)(H2,25,27,28). The van der Waals surface area contributed by atoms with E-state index in [1.165, 1.54) is 23.1 Å². The number of hydrogen-bond donors (Lipinski definition) is 3. The highest BCUT2D eigenvalue weighted by Gasteiger charge is 2.32. The van der Waals surface area contributed by atoms with Crippen LogP contribution < -0.4 is 16.4 Å². The van der Waals surface area contributed by atoms with Crippen molar-refractivity contribution in [3.8, 4) is 0 Å². The second-order valence-corrected chi connectivity index (χ2v) is 9.12. The highest BCUT2D eigenvalue weighted by Crippen LogP contribution is 2.41. The number of rotatable bonds is 5. The lowest BCUT2D eigenvalue weighted by molar-refractivity contribution is -0.119. The molecule has 3 heterocycles. The third-order valence-electron chi connectivity index (χ3n) is 7.06. The molecule has 0 saturated heterocycles. The quantitative estimate of drug-likeness (QED) is 0.569. The van der Waals surface area contributed by atoms with E-state index in [1.807, 2.05) is 4.52 Å². The van der Waals surface area contributed by atoms with Crippen LogP contribution in [-0.4, -0.2) is 32.0 Å². The number of carbonyl (C=O) groups excluding carboxylic acids is 1. The molecule has 1 aliphatic heterocycles. The Morgan fingerprint density at radius 2 is 2.09 bits per heavy atom. The molecule has 4 N–H and O–H groups in total. The summed E-state index contributed by atoms with van der Waals surface area (Å²) in [7, 11) is 0. The molecule has 0 bridgehead atoms. The van der Waals surface area contributed by atoms with Crippen molar-refractivity contribution in [3.05, 3.63) is 47.2 Å². The van der Waals surface area contributed by atoms with Crippen LogP contribution in [0.15, 0.2) is 24.5 Å². The number of carbonyl (C=O) groups is 1. The number of aromatic nitrogens is 4. The summed E-state index contributed by atoms with van der Waals surface area (Å²) in [6, 6.07) is 6.57. The van der Waals surface area contributed by atoms with Crippen molar-refractivity contribution in [2.75, 3.05) is 17.6 Å². The number of anilines is 2. The van der Waals surface area contributed by atoms with Crippen LogP contribution in [0.25, 0.3) is 5.52 Å². The summed E-state index contributed by atoms with van der Waals surface area (Å²) >= 11 is 0. The predicted octanol–water partition coefficient (Wildman–Crippen LogP) is 3.39. The predicted molar refractivity (Wildman–Crippen MR) is 124 cm³/mol. The van der Waals surface area contributed by atoms with Crippen LogP contribution in [0.1, 0.15) is 74.1 Å². The molecule has 1 aromatic carbocycles. The zero-order valence-electron chi connectivity index (χ0n) is 18.8. The Bertz CT molecular complexity index is 1150. The van der Waals surface area contributed by atoms with Crippen molar-refractivity contribution in [3.63, 3.8) is 0 Å². The van der Waals surface area contributed by atoms with Gasteiger partial charge in [0, 0.05) is 31.5 Å². The smallest absolute Gasteiger partial charge is 0.216 e. The summed E-state index contributed by atoms with van der Waals surface area (Å²) in [5, 5.41) is 11.2. The molecule has 8 heteroatoms. The van der Waals surface area contributed by atoms with Gasteiger partial charge in [-0.2, -0.15) is 5.10 Å². The number of hydrogen-bond acceptors (Lipinski definition) is 6. The minimum atomic E-state index is 0.0412. The molecule has 168 valence electrons. The Hall–Kier alpha value is -3.16. The Kier molecular flexibility index (Phi) is 5.45. The monoisotopic (exact) mass is 433 g/mol. The van der Waals surface area contributed by atoms with Gasteiger partial charge >= 0.3 is 0 Å². The van der Waals surface area contributed by atoms with E-state index >= 15 is 0 Å². The Labute approximate surface area is 188 Å². The van der Waals surface area contributed by atoms with Crippen molar-refractivity contribution >= 4 is 22.9 Å². The van der Waals surface area contributed by atoms with Gasteiger partial charge in [-0.05, 0) is 49.1 Å². The van der Waals surface area contributed by atoms with Gasteiger partial charge in [0.1, 0.15) is 17.7 Å². The van der Waals surface area contributed by atoms with Crippen LogP contribution in [0, 0.1) is 5.92 Å². The number of nitrogens with zero attached hydrogens (tertiary/aromatic N) is 4. The fourth-order valence-electron chi connectivity index (χ4n) is 5.34. The maximum absolute atomic E-state index is 11.2. The molecular weight excluding hydrogens is 402 g/mol. The molecule has 1 aliphatic carbocycles. The van der Waals surface area contributed by atoms with Gasteiger partial charge in [-0.15, -0.1) is 0 Å². The van der Waals surface area contributed by atoms with Crippen molar-refractivity contribution in [2.24, 2.45) is 5.92 Å². The van der Waals surface area contributed by atoms with Gasteiger partial charge in [0.15, 0.2) is 5.82 Å². The topological polar surface area (TPSA) is 110 Å². The van der Waals surface area contributed by atoms with Crippen molar-refractivity contribution < 1.29 is 4.79 Å². The third-order valence-corrected chi connectivity index (χ3v) is 7.06. The normalized spacial score (nSPS) is 22.5. The minimum absolute atomic E-state index is 0.0412. The molecule has 2 aliphatic rings. The number of imidazole rings is 1. The molecule has 0 radical (unpaired) electrons. The van der Waals surface area contributed by atoms with Crippen LogP contribution >= 0.6 is 0 Å². The van der Waals surface area contributed by atoms with E-state index in [0.29, 0.717) is 17.7 Å². The van der Waals surface area contributed by atoms with Gasteiger partial charge in [0.2, 0.25) is 5.91 Å². The van der Waals surface area contributed by atoms with E-state index in [2.05, 4.69) is 45.8 Å². The van der Waals surface area contributed by atoms with Crippen molar-refractivity contribution in [2.45, 2.75) is 64.3 Å². The van der Waals surface area contributed by atoms with E-state index in [-0.39, 0.29) is 11.9 Å². The maximum atomic E-state index is 11.2. The first-order valence-corrected chi connectivity index (χ1v) is 11.7. The lowest BCUT2D eigenvalue weighted by atomic mass is 9.81. The summed E-state index contributed by atoms with van der Waals surface area (Å²) in [5.41, 5.74) is 12.0. The third kappa shape index (κ3) is 3.67. The van der Waals surface area contributed by atoms with Crippen LogP contribution in [-0.2, 0) is 17.6 Å². The lowest BCUT2D eigenvalue weighted by Crippen LogP contribution is -2.29. The molecule has 1 atom stereocenters. The molecular formula is C24H31N7O. The Morgan fingerprint density at radius 1 is 1.28 bits per heavy atom. The molecule has 1 fully saturated rings. The number of fused-ring (bicyclic) bond motifs is 2. The van der Waals surface area contributed by atoms with Crippen LogP contribution in [0.5, 0.6) is 0 Å².